The Balaban J connectivity index is 2.27. The number of methoxy groups -OCH3 is 1. The highest BCUT2D eigenvalue weighted by molar-refractivity contribution is 5.96. The highest BCUT2D eigenvalue weighted by Gasteiger charge is 2.63. The number of halogens is 7. The largest absolute Gasteiger partial charge is 0.573 e. The Morgan fingerprint density at radius 1 is 0.844 bits per heavy atom. The molecule has 0 radical (unpaired) electrons. The van der Waals surface area contributed by atoms with Gasteiger partial charge in [0.05, 0.1) is 7.11 Å². The molecule has 0 aliphatic heterocycles. The maximum absolute atomic E-state index is 13.9. The predicted molar refractivity (Wildman–Crippen MR) is 96.1 cm³/mol. The Morgan fingerprint density at radius 2 is 1.38 bits per heavy atom. The highest BCUT2D eigenvalue weighted by Crippen LogP contribution is 2.33. The zero-order valence-electron chi connectivity index (χ0n) is 15.9. The van der Waals surface area contributed by atoms with Gasteiger partial charge in [-0.05, 0) is 48.5 Å². The average molecular weight is 469 g/mol. The van der Waals surface area contributed by atoms with Gasteiger partial charge in [-0.1, -0.05) is 0 Å². The van der Waals surface area contributed by atoms with Gasteiger partial charge < -0.3 is 20.1 Å². The van der Waals surface area contributed by atoms with Crippen LogP contribution >= 0.6 is 0 Å². The normalized spacial score (nSPS) is 13.5. The van der Waals surface area contributed by atoms with Gasteiger partial charge in [0.15, 0.2) is 0 Å². The number of hydrogen-bond donors (Lipinski definition) is 3. The van der Waals surface area contributed by atoms with E-state index in [2.05, 4.69) is 9.47 Å². The van der Waals surface area contributed by atoms with E-state index >= 15 is 0 Å². The van der Waals surface area contributed by atoms with Crippen LogP contribution in [0, 0.1) is 5.82 Å². The first-order valence-electron chi connectivity index (χ1n) is 8.39. The van der Waals surface area contributed by atoms with Gasteiger partial charge in [0.25, 0.3) is 0 Å². The van der Waals surface area contributed by atoms with E-state index in [1.807, 2.05) is 5.32 Å². The van der Waals surface area contributed by atoms with Crippen LogP contribution in [0.3, 0.4) is 0 Å². The number of alkyl halides is 6. The number of hydrogen-bond acceptors (Lipinski definition) is 5. The average Bonchev–Trinajstić information content (AvgIpc) is 2.68. The van der Waals surface area contributed by atoms with Crippen molar-refractivity contribution in [2.45, 2.75) is 18.2 Å². The van der Waals surface area contributed by atoms with Gasteiger partial charge in [0, 0.05) is 11.4 Å². The van der Waals surface area contributed by atoms with Crippen LogP contribution in [-0.4, -0.2) is 37.3 Å². The standard InChI is InChI=1S/C18H14F7N3O4/c1-31-14(29)16(17(20,21)22,27-12-4-2-10(19)3-5-12)28-15(30)26-11-6-8-13(9-7-11)32-18(23,24)25/h2-9,27H,1H3,(H2,26,28,30). The van der Waals surface area contributed by atoms with Crippen molar-refractivity contribution in [3.8, 4) is 5.75 Å². The van der Waals surface area contributed by atoms with Crippen molar-refractivity contribution < 1.29 is 49.8 Å². The monoisotopic (exact) mass is 469 g/mol. The van der Waals surface area contributed by atoms with Gasteiger partial charge in [0.1, 0.15) is 11.6 Å². The second-order valence-corrected chi connectivity index (χ2v) is 6.02. The first-order valence-corrected chi connectivity index (χ1v) is 8.39. The third-order valence-corrected chi connectivity index (χ3v) is 3.74. The Morgan fingerprint density at radius 3 is 1.84 bits per heavy atom. The Kier molecular flexibility index (Phi) is 7.06. The molecular formula is C18H14F7N3O4. The lowest BCUT2D eigenvalue weighted by Gasteiger charge is -2.35. The number of nitrogens with one attached hydrogen (secondary N) is 3. The summed E-state index contributed by atoms with van der Waals surface area (Å²) < 4.78 is 99.1. The van der Waals surface area contributed by atoms with Gasteiger partial charge >= 0.3 is 30.2 Å². The van der Waals surface area contributed by atoms with Crippen LogP contribution < -0.4 is 20.7 Å². The zero-order chi connectivity index (χ0) is 24.2. The number of amides is 2. The van der Waals surface area contributed by atoms with E-state index in [9.17, 15) is 40.3 Å². The quantitative estimate of drug-likeness (QED) is 0.332. The smallest absolute Gasteiger partial charge is 0.466 e. The summed E-state index contributed by atoms with van der Waals surface area (Å²) in [5.74, 6) is -3.35. The zero-order valence-corrected chi connectivity index (χ0v) is 15.9. The number of rotatable bonds is 6. The topological polar surface area (TPSA) is 88.7 Å². The second-order valence-electron chi connectivity index (χ2n) is 6.02. The minimum absolute atomic E-state index is 0.222. The molecule has 14 heteroatoms. The third kappa shape index (κ3) is 6.15. The Hall–Kier alpha value is -3.71. The molecule has 0 aliphatic carbocycles. The van der Waals surface area contributed by atoms with Gasteiger partial charge in [-0.3, -0.25) is 5.32 Å². The molecule has 7 nitrogen and oxygen atoms in total. The van der Waals surface area contributed by atoms with Crippen LogP contribution in [0.25, 0.3) is 0 Å². The molecule has 1 atom stereocenters. The number of benzene rings is 2. The van der Waals surface area contributed by atoms with Crippen molar-refractivity contribution in [2.24, 2.45) is 0 Å². The van der Waals surface area contributed by atoms with E-state index in [0.29, 0.717) is 7.11 Å². The minimum atomic E-state index is -5.45. The summed E-state index contributed by atoms with van der Waals surface area (Å²) in [4.78, 5) is 24.3. The number of carbonyl (C=O) groups is 2. The molecule has 2 amide bonds. The number of esters is 1. The molecule has 174 valence electrons. The van der Waals surface area contributed by atoms with E-state index in [4.69, 9.17) is 0 Å². The summed E-state index contributed by atoms with van der Waals surface area (Å²) in [6.07, 6.45) is -10.4. The fraction of sp³-hybridized carbons (Fsp3) is 0.222. The van der Waals surface area contributed by atoms with Crippen LogP contribution in [0.2, 0.25) is 0 Å². The first kappa shape index (κ1) is 24.6. The van der Waals surface area contributed by atoms with Crippen LogP contribution in [0.4, 0.5) is 46.9 Å². The summed E-state index contributed by atoms with van der Waals surface area (Å²) >= 11 is 0. The van der Waals surface area contributed by atoms with Crippen molar-refractivity contribution >= 4 is 23.4 Å². The SMILES string of the molecule is COC(=O)C(NC(=O)Nc1ccc(OC(F)(F)F)cc1)(Nc1ccc(F)cc1)C(F)(F)F. The van der Waals surface area contributed by atoms with Crippen molar-refractivity contribution in [1.29, 1.82) is 0 Å². The lowest BCUT2D eigenvalue weighted by Crippen LogP contribution is -2.69. The summed E-state index contributed by atoms with van der Waals surface area (Å²) in [7, 11) is 0.647. The molecule has 2 aromatic carbocycles. The number of carbonyl (C=O) groups excluding carboxylic acids is 2. The summed E-state index contributed by atoms with van der Waals surface area (Å²) in [5, 5.41) is 5.14. The van der Waals surface area contributed by atoms with Crippen LogP contribution in [0.5, 0.6) is 5.75 Å². The first-order chi connectivity index (χ1) is 14.8. The molecule has 0 bridgehead atoms. The molecule has 3 N–H and O–H groups in total. The van der Waals surface area contributed by atoms with E-state index < -0.39 is 41.8 Å². The molecule has 1 unspecified atom stereocenters. The molecule has 32 heavy (non-hydrogen) atoms. The molecule has 0 spiro atoms. The lowest BCUT2D eigenvalue weighted by molar-refractivity contribution is -0.274. The minimum Gasteiger partial charge on any atom is -0.466 e. The fourth-order valence-corrected chi connectivity index (χ4v) is 2.37. The molecule has 2 rings (SSSR count). The van der Waals surface area contributed by atoms with Crippen molar-refractivity contribution in [2.75, 3.05) is 17.7 Å². The van der Waals surface area contributed by atoms with Gasteiger partial charge in [0.2, 0.25) is 0 Å². The summed E-state index contributed by atoms with van der Waals surface area (Å²) in [6, 6.07) is 5.27. The van der Waals surface area contributed by atoms with E-state index in [-0.39, 0.29) is 11.4 Å². The molecule has 0 saturated carbocycles. The summed E-state index contributed by atoms with van der Waals surface area (Å²) in [6.45, 7) is 0. The molecule has 2 aromatic rings. The van der Waals surface area contributed by atoms with Crippen LogP contribution in [0.1, 0.15) is 0 Å². The molecule has 0 saturated heterocycles. The lowest BCUT2D eigenvalue weighted by atomic mass is 10.1. The van der Waals surface area contributed by atoms with Crippen molar-refractivity contribution in [3.05, 3.63) is 54.3 Å². The number of anilines is 2. The van der Waals surface area contributed by atoms with Gasteiger partial charge in [-0.15, -0.1) is 13.2 Å². The van der Waals surface area contributed by atoms with Crippen LogP contribution in [0.15, 0.2) is 48.5 Å². The maximum atomic E-state index is 13.9. The fourth-order valence-electron chi connectivity index (χ4n) is 2.37. The molecule has 0 heterocycles. The Bertz CT molecular complexity index is 947. The molecule has 0 fully saturated rings. The van der Waals surface area contributed by atoms with Crippen molar-refractivity contribution in [1.82, 2.24) is 5.32 Å². The predicted octanol–water partition coefficient (Wildman–Crippen LogP) is 4.39. The molecule has 0 aliphatic rings. The van der Waals surface area contributed by atoms with E-state index in [0.717, 1.165) is 48.5 Å². The van der Waals surface area contributed by atoms with E-state index in [1.54, 1.807) is 5.32 Å². The van der Waals surface area contributed by atoms with Gasteiger partial charge in [-0.25, -0.2) is 14.0 Å². The Labute approximate surface area is 175 Å². The summed E-state index contributed by atoms with van der Waals surface area (Å²) in [5.41, 5.74) is -4.40. The number of urea groups is 1. The second kappa shape index (κ2) is 9.20. The molecular weight excluding hydrogens is 455 g/mol. The maximum Gasteiger partial charge on any atom is 0.573 e. The highest BCUT2D eigenvalue weighted by atomic mass is 19.4. The van der Waals surface area contributed by atoms with Crippen molar-refractivity contribution in [3.63, 3.8) is 0 Å². The van der Waals surface area contributed by atoms with Gasteiger partial charge in [-0.2, -0.15) is 13.2 Å². The van der Waals surface area contributed by atoms with E-state index in [1.165, 1.54) is 5.32 Å². The molecule has 0 aromatic heterocycles. The third-order valence-electron chi connectivity index (χ3n) is 3.74. The number of ether oxygens (including phenoxy) is 2. The van der Waals surface area contributed by atoms with Crippen LogP contribution in [-0.2, 0) is 9.53 Å².